The Bertz CT molecular complexity index is 623. The monoisotopic (exact) mass is 314 g/mol. The lowest BCUT2D eigenvalue weighted by Gasteiger charge is -2.19. The van der Waals surface area contributed by atoms with Crippen LogP contribution in [0.2, 0.25) is 0 Å². The fraction of sp³-hybridized carbons (Fsp3) is 0.333. The Balaban J connectivity index is 1.83. The number of carbonyl (C=O) groups excluding carboxylic acids is 2. The minimum absolute atomic E-state index is 0.00472. The third-order valence-corrected chi connectivity index (χ3v) is 3.77. The molecule has 122 valence electrons. The van der Waals surface area contributed by atoms with Crippen LogP contribution >= 0.6 is 0 Å². The van der Waals surface area contributed by atoms with Crippen molar-refractivity contribution in [2.24, 2.45) is 0 Å². The molecule has 0 fully saturated rings. The lowest BCUT2D eigenvalue weighted by atomic mass is 9.96. The standard InChI is InChI=1S/C18H22N2O3/c1-3-14(15-8-5-4-6-9-15)12-19-17(21)13-20(2)18(22)16-10-7-11-23-16/h4-11,14H,3,12-13H2,1-2H3,(H,19,21). The highest BCUT2D eigenvalue weighted by Gasteiger charge is 2.18. The summed E-state index contributed by atoms with van der Waals surface area (Å²) in [4.78, 5) is 25.4. The van der Waals surface area contributed by atoms with Crippen LogP contribution in [0.5, 0.6) is 0 Å². The Morgan fingerprint density at radius 3 is 2.52 bits per heavy atom. The van der Waals surface area contributed by atoms with E-state index in [-0.39, 0.29) is 30.0 Å². The second-order valence-electron chi connectivity index (χ2n) is 5.46. The van der Waals surface area contributed by atoms with Crippen LogP contribution in [0, 0.1) is 0 Å². The number of likely N-dealkylation sites (N-methyl/N-ethyl adjacent to an activating group) is 1. The molecule has 5 heteroatoms. The fourth-order valence-electron chi connectivity index (χ4n) is 2.39. The quantitative estimate of drug-likeness (QED) is 0.854. The molecule has 1 unspecified atom stereocenters. The first kappa shape index (κ1) is 16.8. The normalized spacial score (nSPS) is 11.7. The highest BCUT2D eigenvalue weighted by Crippen LogP contribution is 2.17. The van der Waals surface area contributed by atoms with E-state index in [1.165, 1.54) is 16.7 Å². The second-order valence-corrected chi connectivity index (χ2v) is 5.46. The van der Waals surface area contributed by atoms with Crippen molar-refractivity contribution in [3.05, 3.63) is 60.1 Å². The van der Waals surface area contributed by atoms with Crippen molar-refractivity contribution in [1.82, 2.24) is 10.2 Å². The van der Waals surface area contributed by atoms with Gasteiger partial charge in [-0.1, -0.05) is 37.3 Å². The average Bonchev–Trinajstić information content (AvgIpc) is 3.10. The molecular formula is C18H22N2O3. The summed E-state index contributed by atoms with van der Waals surface area (Å²) in [6.45, 7) is 2.66. The second kappa shape index (κ2) is 8.17. The van der Waals surface area contributed by atoms with E-state index in [2.05, 4.69) is 24.4 Å². The summed E-state index contributed by atoms with van der Waals surface area (Å²) >= 11 is 0. The van der Waals surface area contributed by atoms with E-state index in [1.807, 2.05) is 18.2 Å². The largest absolute Gasteiger partial charge is 0.459 e. The molecule has 23 heavy (non-hydrogen) atoms. The molecule has 0 saturated heterocycles. The topological polar surface area (TPSA) is 62.6 Å². The van der Waals surface area contributed by atoms with E-state index < -0.39 is 0 Å². The van der Waals surface area contributed by atoms with Gasteiger partial charge in [0.05, 0.1) is 12.8 Å². The number of carbonyl (C=O) groups is 2. The number of hydrogen-bond donors (Lipinski definition) is 1. The summed E-state index contributed by atoms with van der Waals surface area (Å²) in [7, 11) is 1.58. The predicted octanol–water partition coefficient (Wildman–Crippen LogP) is 2.66. The number of rotatable bonds is 7. The number of furan rings is 1. The van der Waals surface area contributed by atoms with E-state index in [4.69, 9.17) is 4.42 Å². The van der Waals surface area contributed by atoms with E-state index in [1.54, 1.807) is 19.2 Å². The van der Waals surface area contributed by atoms with Gasteiger partial charge in [-0.25, -0.2) is 0 Å². The molecule has 5 nitrogen and oxygen atoms in total. The zero-order valence-electron chi connectivity index (χ0n) is 13.5. The molecule has 1 N–H and O–H groups in total. The molecular weight excluding hydrogens is 292 g/mol. The van der Waals surface area contributed by atoms with Crippen LogP contribution in [0.4, 0.5) is 0 Å². The van der Waals surface area contributed by atoms with Crippen molar-refractivity contribution >= 4 is 11.8 Å². The third kappa shape index (κ3) is 4.71. The maximum Gasteiger partial charge on any atom is 0.289 e. The molecule has 1 aromatic carbocycles. The SMILES string of the molecule is CCC(CNC(=O)CN(C)C(=O)c1ccco1)c1ccccc1. The van der Waals surface area contributed by atoms with Gasteiger partial charge in [0, 0.05) is 19.5 Å². The third-order valence-electron chi connectivity index (χ3n) is 3.77. The highest BCUT2D eigenvalue weighted by molar-refractivity contribution is 5.94. The van der Waals surface area contributed by atoms with Gasteiger partial charge in [-0.05, 0) is 24.1 Å². The van der Waals surface area contributed by atoms with Gasteiger partial charge in [0.25, 0.3) is 5.91 Å². The van der Waals surface area contributed by atoms with Crippen molar-refractivity contribution in [3.8, 4) is 0 Å². The van der Waals surface area contributed by atoms with Gasteiger partial charge in [-0.2, -0.15) is 0 Å². The molecule has 2 amide bonds. The van der Waals surface area contributed by atoms with Gasteiger partial charge in [0.2, 0.25) is 5.91 Å². The van der Waals surface area contributed by atoms with Gasteiger partial charge in [-0.15, -0.1) is 0 Å². The summed E-state index contributed by atoms with van der Waals surface area (Å²) in [5.41, 5.74) is 1.20. The zero-order chi connectivity index (χ0) is 16.7. The maximum absolute atomic E-state index is 12.0. The lowest BCUT2D eigenvalue weighted by Crippen LogP contribution is -2.39. The first-order chi connectivity index (χ1) is 11.1. The number of hydrogen-bond acceptors (Lipinski definition) is 3. The van der Waals surface area contributed by atoms with E-state index in [0.29, 0.717) is 6.54 Å². The number of nitrogens with one attached hydrogen (secondary N) is 1. The first-order valence-electron chi connectivity index (χ1n) is 7.72. The summed E-state index contributed by atoms with van der Waals surface area (Å²) in [5, 5.41) is 2.90. The van der Waals surface area contributed by atoms with Crippen molar-refractivity contribution in [1.29, 1.82) is 0 Å². The van der Waals surface area contributed by atoms with E-state index >= 15 is 0 Å². The smallest absolute Gasteiger partial charge is 0.289 e. The van der Waals surface area contributed by atoms with Crippen LogP contribution in [0.1, 0.15) is 35.4 Å². The number of nitrogens with zero attached hydrogens (tertiary/aromatic N) is 1. The van der Waals surface area contributed by atoms with Crippen LogP contribution < -0.4 is 5.32 Å². The first-order valence-corrected chi connectivity index (χ1v) is 7.72. The van der Waals surface area contributed by atoms with Crippen LogP contribution in [0.25, 0.3) is 0 Å². The summed E-state index contributed by atoms with van der Waals surface area (Å²) in [5.74, 6) is 0.0179. The van der Waals surface area contributed by atoms with Crippen molar-refractivity contribution in [2.45, 2.75) is 19.3 Å². The average molecular weight is 314 g/mol. The van der Waals surface area contributed by atoms with Crippen LogP contribution in [-0.2, 0) is 4.79 Å². The van der Waals surface area contributed by atoms with Gasteiger partial charge < -0.3 is 14.6 Å². The molecule has 0 aliphatic rings. The molecule has 2 aromatic rings. The Hall–Kier alpha value is -2.56. The fourth-order valence-corrected chi connectivity index (χ4v) is 2.39. The predicted molar refractivity (Wildman–Crippen MR) is 88.2 cm³/mol. The van der Waals surface area contributed by atoms with Crippen LogP contribution in [0.15, 0.2) is 53.1 Å². The van der Waals surface area contributed by atoms with Crippen molar-refractivity contribution < 1.29 is 14.0 Å². The Labute approximate surface area is 136 Å². The van der Waals surface area contributed by atoms with Crippen LogP contribution in [0.3, 0.4) is 0 Å². The molecule has 2 rings (SSSR count). The van der Waals surface area contributed by atoms with Crippen molar-refractivity contribution in [3.63, 3.8) is 0 Å². The van der Waals surface area contributed by atoms with Gasteiger partial charge in [0.15, 0.2) is 5.76 Å². The molecule has 0 radical (unpaired) electrons. The molecule has 0 spiro atoms. The molecule has 0 saturated carbocycles. The van der Waals surface area contributed by atoms with Gasteiger partial charge >= 0.3 is 0 Å². The molecule has 1 aromatic heterocycles. The summed E-state index contributed by atoms with van der Waals surface area (Å²) < 4.78 is 5.05. The number of amides is 2. The molecule has 0 aliphatic heterocycles. The molecule has 1 atom stereocenters. The minimum Gasteiger partial charge on any atom is -0.459 e. The van der Waals surface area contributed by atoms with E-state index in [9.17, 15) is 9.59 Å². The van der Waals surface area contributed by atoms with Gasteiger partial charge in [-0.3, -0.25) is 9.59 Å². The zero-order valence-corrected chi connectivity index (χ0v) is 13.5. The van der Waals surface area contributed by atoms with Crippen LogP contribution in [-0.4, -0.2) is 36.9 Å². The lowest BCUT2D eigenvalue weighted by molar-refractivity contribution is -0.121. The van der Waals surface area contributed by atoms with Crippen molar-refractivity contribution in [2.75, 3.05) is 20.1 Å². The molecule has 1 heterocycles. The number of benzene rings is 1. The summed E-state index contributed by atoms with van der Waals surface area (Å²) in [6.07, 6.45) is 2.37. The Kier molecular flexibility index (Phi) is 5.97. The Morgan fingerprint density at radius 1 is 1.17 bits per heavy atom. The Morgan fingerprint density at radius 2 is 1.91 bits per heavy atom. The summed E-state index contributed by atoms with van der Waals surface area (Å²) in [6, 6.07) is 13.3. The van der Waals surface area contributed by atoms with E-state index in [0.717, 1.165) is 6.42 Å². The minimum atomic E-state index is -0.305. The van der Waals surface area contributed by atoms with Gasteiger partial charge in [0.1, 0.15) is 0 Å². The highest BCUT2D eigenvalue weighted by atomic mass is 16.3. The molecule has 0 aliphatic carbocycles. The maximum atomic E-state index is 12.0. The molecule has 0 bridgehead atoms.